The van der Waals surface area contributed by atoms with Crippen molar-refractivity contribution in [2.75, 3.05) is 0 Å². The molecule has 2 aromatic carbocycles. The molecule has 6 heteroatoms. The number of rotatable bonds is 7. The van der Waals surface area contributed by atoms with Crippen LogP contribution in [0.25, 0.3) is 0 Å². The Morgan fingerprint density at radius 2 is 1.87 bits per heavy atom. The highest BCUT2D eigenvalue weighted by Gasteiger charge is 2.26. The molecule has 1 amide bonds. The molecule has 3 rings (SSSR count). The number of amides is 1. The predicted octanol–water partition coefficient (Wildman–Crippen LogP) is 4.66. The van der Waals surface area contributed by atoms with Crippen molar-refractivity contribution in [1.82, 2.24) is 14.9 Å². The third-order valence-corrected chi connectivity index (χ3v) is 5.16. The molecular weight excluding hydrogens is 381 g/mol. The summed E-state index contributed by atoms with van der Waals surface area (Å²) in [7, 11) is 1.81. The van der Waals surface area contributed by atoms with Crippen molar-refractivity contribution in [2.24, 2.45) is 7.05 Å². The molecule has 3 aromatic rings. The van der Waals surface area contributed by atoms with E-state index in [1.165, 1.54) is 11.6 Å². The summed E-state index contributed by atoms with van der Waals surface area (Å²) in [6.45, 7) is 7.99. The summed E-state index contributed by atoms with van der Waals surface area (Å²) in [5, 5.41) is 2.89. The van der Waals surface area contributed by atoms with E-state index in [4.69, 9.17) is 4.74 Å². The third-order valence-electron chi connectivity index (χ3n) is 5.16. The second-order valence-electron chi connectivity index (χ2n) is 7.79. The van der Waals surface area contributed by atoms with E-state index in [-0.39, 0.29) is 5.91 Å². The molecular formula is C24H28FN3O2. The molecule has 0 unspecified atom stereocenters. The lowest BCUT2D eigenvalue weighted by Gasteiger charge is -2.22. The number of hydrogen-bond donors (Lipinski definition) is 1. The summed E-state index contributed by atoms with van der Waals surface area (Å²) < 4.78 is 22.1. The minimum Gasteiger partial charge on any atom is -0.481 e. The van der Waals surface area contributed by atoms with Gasteiger partial charge in [-0.05, 0) is 49.1 Å². The third kappa shape index (κ3) is 4.70. The summed E-state index contributed by atoms with van der Waals surface area (Å²) in [5.41, 5.74) is 2.71. The molecule has 5 nitrogen and oxygen atoms in total. The van der Waals surface area contributed by atoms with Gasteiger partial charge in [-0.15, -0.1) is 0 Å². The Morgan fingerprint density at radius 3 is 2.47 bits per heavy atom. The maximum absolute atomic E-state index is 14.5. The van der Waals surface area contributed by atoms with Gasteiger partial charge in [0.2, 0.25) is 0 Å². The molecule has 0 fully saturated rings. The van der Waals surface area contributed by atoms with Crippen molar-refractivity contribution in [3.8, 4) is 5.75 Å². The van der Waals surface area contributed by atoms with Crippen LogP contribution < -0.4 is 10.1 Å². The zero-order chi connectivity index (χ0) is 21.8. The number of halogens is 1. The lowest BCUT2D eigenvalue weighted by molar-refractivity contribution is -0.127. The SMILES string of the molecule is Cc1cc(O[C@@H](C)C(=O)N[C@@H](c2ccccc2F)c2nccn2C)ccc1C(C)C. The molecule has 2 atom stereocenters. The van der Waals surface area contributed by atoms with Crippen LogP contribution >= 0.6 is 0 Å². The van der Waals surface area contributed by atoms with E-state index in [1.54, 1.807) is 49.1 Å². The van der Waals surface area contributed by atoms with Crippen LogP contribution in [0.2, 0.25) is 0 Å². The maximum Gasteiger partial charge on any atom is 0.261 e. The summed E-state index contributed by atoms with van der Waals surface area (Å²) in [4.78, 5) is 17.2. The Hall–Kier alpha value is -3.15. The highest BCUT2D eigenvalue weighted by Crippen LogP contribution is 2.25. The molecule has 0 aliphatic carbocycles. The molecule has 0 bridgehead atoms. The Bertz CT molecular complexity index is 1030. The van der Waals surface area contributed by atoms with Crippen LogP contribution in [0.1, 0.15) is 55.2 Å². The second-order valence-corrected chi connectivity index (χ2v) is 7.79. The molecule has 0 saturated heterocycles. The van der Waals surface area contributed by atoms with Gasteiger partial charge in [-0.1, -0.05) is 38.1 Å². The second kappa shape index (κ2) is 9.11. The predicted molar refractivity (Wildman–Crippen MR) is 115 cm³/mol. The smallest absolute Gasteiger partial charge is 0.261 e. The van der Waals surface area contributed by atoms with E-state index in [9.17, 15) is 9.18 Å². The number of aryl methyl sites for hydroxylation is 2. The van der Waals surface area contributed by atoms with Crippen molar-refractivity contribution < 1.29 is 13.9 Å². The van der Waals surface area contributed by atoms with Gasteiger partial charge in [0, 0.05) is 25.0 Å². The standard InChI is InChI=1S/C24H28FN3O2/c1-15(2)19-11-10-18(14-16(19)3)30-17(4)24(29)27-22(23-26-12-13-28(23)5)20-8-6-7-9-21(20)25/h6-15,17,22H,1-5H3,(H,27,29)/t17-,22-/m0/s1. The van der Waals surface area contributed by atoms with Gasteiger partial charge < -0.3 is 14.6 Å². The van der Waals surface area contributed by atoms with Crippen molar-refractivity contribution in [1.29, 1.82) is 0 Å². The first-order valence-corrected chi connectivity index (χ1v) is 10.1. The molecule has 30 heavy (non-hydrogen) atoms. The van der Waals surface area contributed by atoms with Crippen LogP contribution in [0.4, 0.5) is 4.39 Å². The summed E-state index contributed by atoms with van der Waals surface area (Å²) in [6, 6.07) is 11.5. The first kappa shape index (κ1) is 21.6. The van der Waals surface area contributed by atoms with Gasteiger partial charge in [-0.2, -0.15) is 0 Å². The number of nitrogens with one attached hydrogen (secondary N) is 1. The Kier molecular flexibility index (Phi) is 6.55. The fraction of sp³-hybridized carbons (Fsp3) is 0.333. The Balaban J connectivity index is 1.80. The topological polar surface area (TPSA) is 56.1 Å². The molecule has 1 N–H and O–H groups in total. The fourth-order valence-corrected chi connectivity index (χ4v) is 3.53. The Morgan fingerprint density at radius 1 is 1.13 bits per heavy atom. The van der Waals surface area contributed by atoms with Gasteiger partial charge in [0.1, 0.15) is 23.4 Å². The average molecular weight is 410 g/mol. The van der Waals surface area contributed by atoms with Gasteiger partial charge >= 0.3 is 0 Å². The van der Waals surface area contributed by atoms with Crippen molar-refractivity contribution in [3.05, 3.63) is 83.2 Å². The molecule has 1 aromatic heterocycles. The minimum absolute atomic E-state index is 0.350. The zero-order valence-electron chi connectivity index (χ0n) is 18.0. The minimum atomic E-state index is -0.760. The number of benzene rings is 2. The largest absolute Gasteiger partial charge is 0.481 e. The average Bonchev–Trinajstić information content (AvgIpc) is 3.12. The van der Waals surface area contributed by atoms with E-state index >= 15 is 0 Å². The number of imidazole rings is 1. The molecule has 0 aliphatic heterocycles. The summed E-state index contributed by atoms with van der Waals surface area (Å²) in [5.74, 6) is 0.826. The van der Waals surface area contributed by atoms with Crippen LogP contribution in [0.5, 0.6) is 5.75 Å². The van der Waals surface area contributed by atoms with Crippen LogP contribution in [0, 0.1) is 12.7 Å². The maximum atomic E-state index is 14.5. The van der Waals surface area contributed by atoms with Crippen molar-refractivity contribution in [3.63, 3.8) is 0 Å². The fourth-order valence-electron chi connectivity index (χ4n) is 3.53. The van der Waals surface area contributed by atoms with Crippen molar-refractivity contribution in [2.45, 2.75) is 45.8 Å². The lowest BCUT2D eigenvalue weighted by Crippen LogP contribution is -2.40. The zero-order valence-corrected chi connectivity index (χ0v) is 18.0. The monoisotopic (exact) mass is 409 g/mol. The van der Waals surface area contributed by atoms with Gasteiger partial charge in [-0.25, -0.2) is 9.37 Å². The molecule has 158 valence electrons. The normalized spacial score (nSPS) is 13.2. The number of aromatic nitrogens is 2. The molecule has 0 saturated carbocycles. The van der Waals surface area contributed by atoms with E-state index in [0.29, 0.717) is 23.1 Å². The highest BCUT2D eigenvalue weighted by molar-refractivity contribution is 5.81. The number of carbonyl (C=O) groups is 1. The molecule has 0 radical (unpaired) electrons. The van der Waals surface area contributed by atoms with Gasteiger partial charge in [0.15, 0.2) is 6.10 Å². The highest BCUT2D eigenvalue weighted by atomic mass is 19.1. The van der Waals surface area contributed by atoms with E-state index in [2.05, 4.69) is 24.1 Å². The van der Waals surface area contributed by atoms with Crippen LogP contribution in [0.15, 0.2) is 54.9 Å². The quantitative estimate of drug-likeness (QED) is 0.617. The lowest BCUT2D eigenvalue weighted by atomic mass is 9.98. The number of nitrogens with zero attached hydrogens (tertiary/aromatic N) is 2. The summed E-state index contributed by atoms with van der Waals surface area (Å²) >= 11 is 0. The van der Waals surface area contributed by atoms with E-state index in [0.717, 1.165) is 5.56 Å². The van der Waals surface area contributed by atoms with Crippen molar-refractivity contribution >= 4 is 5.91 Å². The number of hydrogen-bond acceptors (Lipinski definition) is 3. The summed E-state index contributed by atoms with van der Waals surface area (Å²) in [6.07, 6.45) is 2.62. The van der Waals surface area contributed by atoms with Gasteiger partial charge in [-0.3, -0.25) is 4.79 Å². The van der Waals surface area contributed by atoms with Crippen LogP contribution in [-0.2, 0) is 11.8 Å². The van der Waals surface area contributed by atoms with Crippen LogP contribution in [-0.4, -0.2) is 21.6 Å². The van der Waals surface area contributed by atoms with Gasteiger partial charge in [0.25, 0.3) is 5.91 Å². The molecule has 0 aliphatic rings. The number of ether oxygens (including phenoxy) is 1. The first-order chi connectivity index (χ1) is 14.3. The first-order valence-electron chi connectivity index (χ1n) is 10.1. The Labute approximate surface area is 176 Å². The van der Waals surface area contributed by atoms with Gasteiger partial charge in [0.05, 0.1) is 0 Å². The molecule has 1 heterocycles. The molecule has 0 spiro atoms. The van der Waals surface area contributed by atoms with E-state index in [1.807, 2.05) is 25.1 Å². The van der Waals surface area contributed by atoms with E-state index < -0.39 is 18.0 Å². The van der Waals surface area contributed by atoms with Crippen LogP contribution in [0.3, 0.4) is 0 Å². The number of carbonyl (C=O) groups excluding carboxylic acids is 1.